The van der Waals surface area contributed by atoms with Crippen LogP contribution in [-0.4, -0.2) is 39.2 Å². The van der Waals surface area contributed by atoms with Crippen molar-refractivity contribution < 1.29 is 23.8 Å². The zero-order valence-electron chi connectivity index (χ0n) is 16.4. The number of nitrogens with one attached hydrogen (secondary N) is 1. The molecule has 0 fully saturated rings. The van der Waals surface area contributed by atoms with Gasteiger partial charge >= 0.3 is 0 Å². The number of anilines is 2. The molecule has 0 aromatic heterocycles. The van der Waals surface area contributed by atoms with E-state index >= 15 is 0 Å². The molecule has 1 aliphatic rings. The summed E-state index contributed by atoms with van der Waals surface area (Å²) in [7, 11) is 3.06. The number of methoxy groups -OCH3 is 2. The van der Waals surface area contributed by atoms with Crippen molar-refractivity contribution >= 4 is 23.2 Å². The number of amides is 2. The van der Waals surface area contributed by atoms with Gasteiger partial charge in [0.2, 0.25) is 0 Å². The van der Waals surface area contributed by atoms with Crippen LogP contribution >= 0.6 is 0 Å². The van der Waals surface area contributed by atoms with Gasteiger partial charge in [0, 0.05) is 23.9 Å². The van der Waals surface area contributed by atoms with E-state index in [9.17, 15) is 9.59 Å². The van der Waals surface area contributed by atoms with Crippen molar-refractivity contribution in [1.29, 1.82) is 0 Å². The Hall–Kier alpha value is -3.22. The monoisotopic (exact) mass is 384 g/mol. The highest BCUT2D eigenvalue weighted by Gasteiger charge is 2.26. The van der Waals surface area contributed by atoms with Crippen molar-refractivity contribution in [3.63, 3.8) is 0 Å². The van der Waals surface area contributed by atoms with Gasteiger partial charge in [-0.25, -0.2) is 0 Å². The van der Waals surface area contributed by atoms with Gasteiger partial charge in [0.1, 0.15) is 5.75 Å². The molecule has 0 spiro atoms. The molecule has 0 unspecified atom stereocenters. The Labute approximate surface area is 164 Å². The highest BCUT2D eigenvalue weighted by atomic mass is 16.5. The van der Waals surface area contributed by atoms with E-state index in [1.54, 1.807) is 41.3 Å². The Balaban J connectivity index is 1.80. The number of ether oxygens (including phenoxy) is 3. The first kappa shape index (κ1) is 19.5. The number of benzene rings is 2. The number of nitrogens with zero attached hydrogens (tertiary/aromatic N) is 1. The molecule has 28 heavy (non-hydrogen) atoms. The minimum absolute atomic E-state index is 0.00714. The summed E-state index contributed by atoms with van der Waals surface area (Å²) < 4.78 is 16.0. The third kappa shape index (κ3) is 4.03. The quantitative estimate of drug-likeness (QED) is 0.827. The molecule has 7 nitrogen and oxygen atoms in total. The topological polar surface area (TPSA) is 77.1 Å². The average molecular weight is 384 g/mol. The first-order valence-electron chi connectivity index (χ1n) is 9.03. The van der Waals surface area contributed by atoms with Crippen LogP contribution in [0.5, 0.6) is 17.2 Å². The summed E-state index contributed by atoms with van der Waals surface area (Å²) in [6.45, 7) is 4.72. The number of fused-ring (bicyclic) bond motifs is 1. The molecule has 0 aliphatic carbocycles. The van der Waals surface area contributed by atoms with E-state index < -0.39 is 0 Å². The van der Waals surface area contributed by atoms with E-state index in [1.165, 1.54) is 14.2 Å². The van der Waals surface area contributed by atoms with Crippen LogP contribution in [0.2, 0.25) is 0 Å². The highest BCUT2D eigenvalue weighted by molar-refractivity contribution is 6.05. The molecule has 0 radical (unpaired) electrons. The second kappa shape index (κ2) is 8.21. The normalized spacial score (nSPS) is 13.0. The lowest BCUT2D eigenvalue weighted by atomic mass is 10.1. The summed E-state index contributed by atoms with van der Waals surface area (Å²) in [5, 5.41) is 2.85. The fourth-order valence-electron chi connectivity index (χ4n) is 3.03. The predicted molar refractivity (Wildman–Crippen MR) is 107 cm³/mol. The maximum Gasteiger partial charge on any atom is 0.265 e. The summed E-state index contributed by atoms with van der Waals surface area (Å²) >= 11 is 0. The molecule has 1 aliphatic heterocycles. The van der Waals surface area contributed by atoms with Crippen molar-refractivity contribution in [2.24, 2.45) is 5.92 Å². The molecule has 0 saturated heterocycles. The molecule has 3 rings (SSSR count). The Morgan fingerprint density at radius 3 is 2.57 bits per heavy atom. The Kier molecular flexibility index (Phi) is 5.73. The van der Waals surface area contributed by atoms with E-state index in [2.05, 4.69) is 19.2 Å². The smallest absolute Gasteiger partial charge is 0.265 e. The summed E-state index contributed by atoms with van der Waals surface area (Å²) in [6, 6.07) is 10.2. The molecule has 2 aromatic carbocycles. The molecule has 0 bridgehead atoms. The standard InChI is InChI=1S/C21H24N2O5/c1-13(2)11-23-16-7-6-15(10-18(16)28-12-20(23)24)22-21(25)14-5-8-17(26-3)19(9-14)27-4/h5-10,13H,11-12H2,1-4H3,(H,22,25). The van der Waals surface area contributed by atoms with Gasteiger partial charge < -0.3 is 24.4 Å². The largest absolute Gasteiger partial charge is 0.493 e. The third-order valence-electron chi connectivity index (χ3n) is 4.35. The first-order chi connectivity index (χ1) is 13.4. The van der Waals surface area contributed by atoms with E-state index in [0.29, 0.717) is 46.6 Å². The summed E-state index contributed by atoms with van der Waals surface area (Å²) in [5.41, 5.74) is 1.74. The fourth-order valence-corrected chi connectivity index (χ4v) is 3.03. The molecule has 2 aromatic rings. The zero-order chi connectivity index (χ0) is 20.3. The minimum Gasteiger partial charge on any atom is -0.493 e. The lowest BCUT2D eigenvalue weighted by Crippen LogP contribution is -2.40. The van der Waals surface area contributed by atoms with Gasteiger partial charge in [0.05, 0.1) is 19.9 Å². The van der Waals surface area contributed by atoms with Crippen LogP contribution in [-0.2, 0) is 4.79 Å². The molecule has 1 N–H and O–H groups in total. The summed E-state index contributed by atoms with van der Waals surface area (Å²) in [4.78, 5) is 26.5. The van der Waals surface area contributed by atoms with Gasteiger partial charge in [-0.05, 0) is 36.2 Å². The lowest BCUT2D eigenvalue weighted by Gasteiger charge is -2.31. The molecular weight excluding hydrogens is 360 g/mol. The Morgan fingerprint density at radius 1 is 1.14 bits per heavy atom. The van der Waals surface area contributed by atoms with Crippen LogP contribution in [0.1, 0.15) is 24.2 Å². The first-order valence-corrected chi connectivity index (χ1v) is 9.03. The second-order valence-electron chi connectivity index (χ2n) is 6.89. The average Bonchev–Trinajstić information content (AvgIpc) is 2.69. The number of hydrogen-bond acceptors (Lipinski definition) is 5. The van der Waals surface area contributed by atoms with E-state index in [-0.39, 0.29) is 18.4 Å². The van der Waals surface area contributed by atoms with Crippen molar-refractivity contribution in [2.75, 3.05) is 37.6 Å². The second-order valence-corrected chi connectivity index (χ2v) is 6.89. The summed E-state index contributed by atoms with van der Waals surface area (Å²) in [5.74, 6) is 1.59. The predicted octanol–water partition coefficient (Wildman–Crippen LogP) is 3.34. The molecule has 0 atom stereocenters. The van der Waals surface area contributed by atoms with E-state index in [4.69, 9.17) is 14.2 Å². The molecule has 0 saturated carbocycles. The van der Waals surface area contributed by atoms with Crippen LogP contribution in [0.3, 0.4) is 0 Å². The number of carbonyl (C=O) groups is 2. The number of carbonyl (C=O) groups excluding carboxylic acids is 2. The lowest BCUT2D eigenvalue weighted by molar-refractivity contribution is -0.121. The van der Waals surface area contributed by atoms with Crippen LogP contribution in [0.15, 0.2) is 36.4 Å². The van der Waals surface area contributed by atoms with E-state index in [1.807, 2.05) is 0 Å². The van der Waals surface area contributed by atoms with E-state index in [0.717, 1.165) is 0 Å². The number of rotatable bonds is 6. The van der Waals surface area contributed by atoms with Crippen molar-refractivity contribution in [1.82, 2.24) is 0 Å². The Bertz CT molecular complexity index is 894. The van der Waals surface area contributed by atoms with Gasteiger partial charge in [-0.2, -0.15) is 0 Å². The fraction of sp³-hybridized carbons (Fsp3) is 0.333. The highest BCUT2D eigenvalue weighted by Crippen LogP contribution is 2.35. The SMILES string of the molecule is COc1ccc(C(=O)Nc2ccc3c(c2)OCC(=O)N3CC(C)C)cc1OC. The zero-order valence-corrected chi connectivity index (χ0v) is 16.4. The maximum absolute atomic E-state index is 12.6. The summed E-state index contributed by atoms with van der Waals surface area (Å²) in [6.07, 6.45) is 0. The Morgan fingerprint density at radius 2 is 1.89 bits per heavy atom. The molecular formula is C21H24N2O5. The van der Waals surface area contributed by atoms with Crippen molar-refractivity contribution in [2.45, 2.75) is 13.8 Å². The molecule has 1 heterocycles. The van der Waals surface area contributed by atoms with Gasteiger partial charge in [0.25, 0.3) is 11.8 Å². The van der Waals surface area contributed by atoms with Gasteiger partial charge in [0.15, 0.2) is 18.1 Å². The van der Waals surface area contributed by atoms with Gasteiger partial charge in [-0.1, -0.05) is 13.8 Å². The van der Waals surface area contributed by atoms with Gasteiger partial charge in [-0.3, -0.25) is 9.59 Å². The number of hydrogen-bond donors (Lipinski definition) is 1. The third-order valence-corrected chi connectivity index (χ3v) is 4.35. The van der Waals surface area contributed by atoms with Crippen molar-refractivity contribution in [3.05, 3.63) is 42.0 Å². The molecule has 2 amide bonds. The minimum atomic E-state index is -0.285. The van der Waals surface area contributed by atoms with Gasteiger partial charge in [-0.15, -0.1) is 0 Å². The molecule has 148 valence electrons. The van der Waals surface area contributed by atoms with Crippen molar-refractivity contribution in [3.8, 4) is 17.2 Å². The van der Waals surface area contributed by atoms with Crippen LogP contribution in [0, 0.1) is 5.92 Å². The van der Waals surface area contributed by atoms with Crippen LogP contribution < -0.4 is 24.4 Å². The molecule has 7 heteroatoms. The maximum atomic E-state index is 12.6. The van der Waals surface area contributed by atoms with Crippen LogP contribution in [0.25, 0.3) is 0 Å². The van der Waals surface area contributed by atoms with Crippen LogP contribution in [0.4, 0.5) is 11.4 Å².